The van der Waals surface area contributed by atoms with Gasteiger partial charge in [-0.3, -0.25) is 4.79 Å². The van der Waals surface area contributed by atoms with Crippen LogP contribution in [-0.2, 0) is 0 Å². The molecule has 2 aliphatic heterocycles. The van der Waals surface area contributed by atoms with Crippen molar-refractivity contribution in [1.29, 1.82) is 0 Å². The second-order valence-corrected chi connectivity index (χ2v) is 7.49. The Hall–Kier alpha value is -0.970. The maximum absolute atomic E-state index is 13.0. The van der Waals surface area contributed by atoms with Gasteiger partial charge in [0.2, 0.25) is 0 Å². The summed E-state index contributed by atoms with van der Waals surface area (Å²) in [6.07, 6.45) is 4.82. The van der Waals surface area contributed by atoms with Crippen molar-refractivity contribution in [2.75, 3.05) is 26.2 Å². The molecular weight excluding hydrogens is 347 g/mol. The Labute approximate surface area is 154 Å². The Bertz CT molecular complexity index is 593. The summed E-state index contributed by atoms with van der Waals surface area (Å²) in [5.74, 6) is 1.95. The van der Waals surface area contributed by atoms with Crippen LogP contribution in [0.2, 0.25) is 5.02 Å². The second kappa shape index (κ2) is 7.51. The molecule has 1 aliphatic carbocycles. The number of halogens is 2. The van der Waals surface area contributed by atoms with Gasteiger partial charge < -0.3 is 15.0 Å². The summed E-state index contributed by atoms with van der Waals surface area (Å²) < 4.78 is 6.12. The number of hydrogen-bond acceptors (Lipinski definition) is 3. The van der Waals surface area contributed by atoms with Gasteiger partial charge in [0, 0.05) is 31.2 Å². The van der Waals surface area contributed by atoms with Crippen LogP contribution >= 0.6 is 24.0 Å². The van der Waals surface area contributed by atoms with Crippen LogP contribution in [0.3, 0.4) is 0 Å². The van der Waals surface area contributed by atoms with E-state index in [0.29, 0.717) is 28.2 Å². The van der Waals surface area contributed by atoms with Gasteiger partial charge in [-0.2, -0.15) is 0 Å². The van der Waals surface area contributed by atoms with E-state index in [-0.39, 0.29) is 24.4 Å². The predicted octanol–water partition coefficient (Wildman–Crippen LogP) is 3.37. The van der Waals surface area contributed by atoms with Crippen molar-refractivity contribution < 1.29 is 9.53 Å². The SMILES string of the molecule is Cl.O=C(c1cc(Cl)ccc1OC1CCCC1)N1C[C@H]2CNC[C@H]2C1. The molecule has 1 amide bonds. The number of fused-ring (bicyclic) bond motifs is 1. The molecule has 2 atom stereocenters. The Morgan fingerprint density at radius 3 is 2.50 bits per heavy atom. The average Bonchev–Trinajstić information content (AvgIpc) is 3.24. The lowest BCUT2D eigenvalue weighted by Crippen LogP contribution is -2.32. The van der Waals surface area contributed by atoms with Gasteiger partial charge in [0.25, 0.3) is 5.91 Å². The first-order valence-electron chi connectivity index (χ1n) is 8.67. The number of rotatable bonds is 3. The van der Waals surface area contributed by atoms with Crippen molar-refractivity contribution in [2.45, 2.75) is 31.8 Å². The maximum atomic E-state index is 13.0. The van der Waals surface area contributed by atoms with E-state index in [2.05, 4.69) is 5.32 Å². The Morgan fingerprint density at radius 2 is 1.83 bits per heavy atom. The molecule has 0 unspecified atom stereocenters. The molecule has 3 fully saturated rings. The minimum atomic E-state index is 0. The van der Waals surface area contributed by atoms with Crippen LogP contribution in [-0.4, -0.2) is 43.1 Å². The molecule has 132 valence electrons. The molecule has 3 aliphatic rings. The maximum Gasteiger partial charge on any atom is 0.257 e. The molecule has 0 aromatic heterocycles. The minimum absolute atomic E-state index is 0. The molecule has 1 N–H and O–H groups in total. The van der Waals surface area contributed by atoms with Crippen LogP contribution in [0.5, 0.6) is 5.75 Å². The average molecular weight is 371 g/mol. The van der Waals surface area contributed by atoms with Crippen molar-refractivity contribution in [2.24, 2.45) is 11.8 Å². The van der Waals surface area contributed by atoms with Crippen LogP contribution in [0, 0.1) is 11.8 Å². The standard InChI is InChI=1S/C18H23ClN2O2.ClH/c19-14-5-6-17(23-15-3-1-2-4-15)16(7-14)18(22)21-10-12-8-20-9-13(12)11-21;/h5-7,12-13,15,20H,1-4,8-11H2;1H/t12-,13+;. The number of carbonyl (C=O) groups excluding carboxylic acids is 1. The first-order valence-corrected chi connectivity index (χ1v) is 9.04. The summed E-state index contributed by atoms with van der Waals surface area (Å²) in [7, 11) is 0. The van der Waals surface area contributed by atoms with Gasteiger partial charge in [-0.25, -0.2) is 0 Å². The van der Waals surface area contributed by atoms with Crippen LogP contribution in [0.25, 0.3) is 0 Å². The molecule has 24 heavy (non-hydrogen) atoms. The molecule has 1 aromatic carbocycles. The molecular formula is C18H24Cl2N2O2. The monoisotopic (exact) mass is 370 g/mol. The third-order valence-electron chi connectivity index (χ3n) is 5.44. The molecule has 4 rings (SSSR count). The summed E-state index contributed by atoms with van der Waals surface area (Å²) in [4.78, 5) is 15.0. The number of nitrogens with zero attached hydrogens (tertiary/aromatic N) is 1. The quantitative estimate of drug-likeness (QED) is 0.886. The fraction of sp³-hybridized carbons (Fsp3) is 0.611. The van der Waals surface area contributed by atoms with Crippen LogP contribution < -0.4 is 10.1 Å². The lowest BCUT2D eigenvalue weighted by Gasteiger charge is -2.21. The van der Waals surface area contributed by atoms with Gasteiger partial charge in [0.05, 0.1) is 11.7 Å². The highest BCUT2D eigenvalue weighted by molar-refractivity contribution is 6.31. The number of likely N-dealkylation sites (tertiary alicyclic amines) is 1. The smallest absolute Gasteiger partial charge is 0.257 e. The van der Waals surface area contributed by atoms with Gasteiger partial charge in [-0.15, -0.1) is 12.4 Å². The zero-order valence-corrected chi connectivity index (χ0v) is 15.2. The van der Waals surface area contributed by atoms with E-state index in [4.69, 9.17) is 16.3 Å². The highest BCUT2D eigenvalue weighted by Crippen LogP contribution is 2.32. The lowest BCUT2D eigenvalue weighted by molar-refractivity contribution is 0.0774. The Kier molecular flexibility index (Phi) is 5.58. The van der Waals surface area contributed by atoms with Gasteiger partial charge in [0.15, 0.2) is 0 Å². The van der Waals surface area contributed by atoms with E-state index < -0.39 is 0 Å². The molecule has 6 heteroatoms. The van der Waals surface area contributed by atoms with Gasteiger partial charge in [0.1, 0.15) is 5.75 Å². The van der Waals surface area contributed by atoms with E-state index >= 15 is 0 Å². The van der Waals surface area contributed by atoms with E-state index in [1.165, 1.54) is 12.8 Å². The van der Waals surface area contributed by atoms with Crippen LogP contribution in [0.1, 0.15) is 36.0 Å². The van der Waals surface area contributed by atoms with Crippen molar-refractivity contribution in [3.8, 4) is 5.75 Å². The molecule has 2 saturated heterocycles. The molecule has 0 spiro atoms. The Balaban J connectivity index is 0.00000169. The van der Waals surface area contributed by atoms with E-state index in [0.717, 1.165) is 39.0 Å². The second-order valence-electron chi connectivity index (χ2n) is 7.05. The first-order chi connectivity index (χ1) is 11.2. The number of nitrogens with one attached hydrogen (secondary N) is 1. The van der Waals surface area contributed by atoms with Gasteiger partial charge in [-0.1, -0.05) is 11.6 Å². The molecule has 1 aromatic rings. The van der Waals surface area contributed by atoms with Crippen LogP contribution in [0.15, 0.2) is 18.2 Å². The van der Waals surface area contributed by atoms with Crippen molar-refractivity contribution in [3.05, 3.63) is 28.8 Å². The van der Waals surface area contributed by atoms with E-state index in [9.17, 15) is 4.79 Å². The number of amides is 1. The van der Waals surface area contributed by atoms with Crippen molar-refractivity contribution in [3.63, 3.8) is 0 Å². The topological polar surface area (TPSA) is 41.6 Å². The molecule has 2 heterocycles. The highest BCUT2D eigenvalue weighted by Gasteiger charge is 2.39. The van der Waals surface area contributed by atoms with E-state index in [1.54, 1.807) is 6.07 Å². The third kappa shape index (κ3) is 3.51. The third-order valence-corrected chi connectivity index (χ3v) is 5.68. The van der Waals surface area contributed by atoms with E-state index in [1.807, 2.05) is 17.0 Å². The fourth-order valence-electron chi connectivity index (χ4n) is 4.15. The zero-order valence-electron chi connectivity index (χ0n) is 13.7. The largest absolute Gasteiger partial charge is 0.490 e. The summed E-state index contributed by atoms with van der Waals surface area (Å²) in [5, 5.41) is 4.00. The van der Waals surface area contributed by atoms with Crippen LogP contribution in [0.4, 0.5) is 0 Å². The summed E-state index contributed by atoms with van der Waals surface area (Å²) in [6, 6.07) is 5.43. The summed E-state index contributed by atoms with van der Waals surface area (Å²) in [6.45, 7) is 3.72. The highest BCUT2D eigenvalue weighted by atomic mass is 35.5. The number of carbonyl (C=O) groups is 1. The summed E-state index contributed by atoms with van der Waals surface area (Å²) >= 11 is 6.14. The number of hydrogen-bond donors (Lipinski definition) is 1. The first kappa shape index (κ1) is 17.8. The lowest BCUT2D eigenvalue weighted by atomic mass is 10.0. The number of ether oxygens (including phenoxy) is 1. The van der Waals surface area contributed by atoms with Gasteiger partial charge in [-0.05, 0) is 55.7 Å². The normalized spacial score (nSPS) is 26.3. The zero-order chi connectivity index (χ0) is 15.8. The molecule has 4 nitrogen and oxygen atoms in total. The molecule has 1 saturated carbocycles. The summed E-state index contributed by atoms with van der Waals surface area (Å²) in [5.41, 5.74) is 0.623. The van der Waals surface area contributed by atoms with Gasteiger partial charge >= 0.3 is 0 Å². The number of benzene rings is 1. The van der Waals surface area contributed by atoms with Crippen molar-refractivity contribution in [1.82, 2.24) is 10.2 Å². The Morgan fingerprint density at radius 1 is 1.17 bits per heavy atom. The predicted molar refractivity (Wildman–Crippen MR) is 97.3 cm³/mol. The van der Waals surface area contributed by atoms with Crippen molar-refractivity contribution >= 4 is 29.9 Å². The minimum Gasteiger partial charge on any atom is -0.490 e. The molecule has 0 bridgehead atoms. The molecule has 0 radical (unpaired) electrons. The fourth-order valence-corrected chi connectivity index (χ4v) is 4.32.